The van der Waals surface area contributed by atoms with Gasteiger partial charge in [-0.3, -0.25) is 14.9 Å². The van der Waals surface area contributed by atoms with Crippen LogP contribution in [0.15, 0.2) is 55.1 Å². The summed E-state index contributed by atoms with van der Waals surface area (Å²) in [5, 5.41) is 5.13. The fourth-order valence-electron chi connectivity index (χ4n) is 5.29. The monoisotopic (exact) mass is 549 g/mol. The summed E-state index contributed by atoms with van der Waals surface area (Å²) in [7, 11) is 0. The second-order valence-electron chi connectivity index (χ2n) is 10.2. The van der Waals surface area contributed by atoms with E-state index < -0.39 is 17.5 Å². The van der Waals surface area contributed by atoms with Crippen LogP contribution in [0.5, 0.6) is 5.75 Å². The Bertz CT molecular complexity index is 1770. The third-order valence-electron chi connectivity index (χ3n) is 7.38. The summed E-state index contributed by atoms with van der Waals surface area (Å²) in [6.07, 6.45) is 3.25. The van der Waals surface area contributed by atoms with Gasteiger partial charge in [-0.25, -0.2) is 19.7 Å². The van der Waals surface area contributed by atoms with E-state index in [1.807, 2.05) is 22.8 Å². The lowest BCUT2D eigenvalue weighted by Crippen LogP contribution is -2.52. The summed E-state index contributed by atoms with van der Waals surface area (Å²) in [5.41, 5.74) is 3.21. The van der Waals surface area contributed by atoms with E-state index in [0.29, 0.717) is 34.6 Å². The standard InChI is InChI=1S/C30H27N7O4/c1-4-5-12-41-22-11-8-20-14-36(27(38)23(20)13-22)15-30(28(39)34-29(40)35-30)21-9-6-19(7-10-21)24-25-26(32-16-31-24)37(17-33-25)18(2)3/h6-11,13,16-18H,12,14-15H2,1-3H3,(H2,34,35,39,40)/t30-/m0/s1. The minimum absolute atomic E-state index is 0.0501. The summed E-state index contributed by atoms with van der Waals surface area (Å²) in [6.45, 7) is 6.30. The number of carbonyl (C=O) groups is 3. The predicted octanol–water partition coefficient (Wildman–Crippen LogP) is 3.17. The van der Waals surface area contributed by atoms with E-state index in [0.717, 1.165) is 16.8 Å². The minimum atomic E-state index is -1.47. The number of rotatable bonds is 7. The Kier molecular flexibility index (Phi) is 6.38. The van der Waals surface area contributed by atoms with Gasteiger partial charge in [0, 0.05) is 23.7 Å². The number of fused-ring (bicyclic) bond motifs is 2. The molecule has 2 N–H and O–H groups in total. The van der Waals surface area contributed by atoms with Crippen LogP contribution >= 0.6 is 0 Å². The molecular weight excluding hydrogens is 522 g/mol. The molecule has 1 saturated heterocycles. The SMILES string of the molecule is CC#CCOc1ccc2c(c1)C(=O)N(C[C@@]1(c3ccc(-c4ncnc5c4ncn5C(C)C)cc3)NC(=O)NC1=O)C2. The first kappa shape index (κ1) is 26.0. The number of hydrogen-bond donors (Lipinski definition) is 2. The number of aromatic nitrogens is 4. The molecule has 0 spiro atoms. The first-order valence-corrected chi connectivity index (χ1v) is 13.2. The number of benzene rings is 2. The molecule has 4 amide bonds. The number of hydrogen-bond acceptors (Lipinski definition) is 7. The molecule has 6 rings (SSSR count). The van der Waals surface area contributed by atoms with Gasteiger partial charge in [0.05, 0.1) is 12.9 Å². The van der Waals surface area contributed by atoms with Crippen LogP contribution in [-0.4, -0.2) is 55.4 Å². The zero-order valence-corrected chi connectivity index (χ0v) is 22.8. The van der Waals surface area contributed by atoms with Gasteiger partial charge in [0.1, 0.15) is 29.9 Å². The van der Waals surface area contributed by atoms with Crippen LogP contribution in [0.2, 0.25) is 0 Å². The smallest absolute Gasteiger partial charge is 0.322 e. The molecule has 0 saturated carbocycles. The maximum atomic E-state index is 13.4. The highest BCUT2D eigenvalue weighted by Gasteiger charge is 2.50. The number of carbonyl (C=O) groups excluding carboxylic acids is 3. The second-order valence-corrected chi connectivity index (χ2v) is 10.2. The Hall–Kier alpha value is -5.24. The van der Waals surface area contributed by atoms with E-state index in [1.165, 1.54) is 6.33 Å². The molecule has 11 nitrogen and oxygen atoms in total. The van der Waals surface area contributed by atoms with Crippen molar-refractivity contribution in [2.24, 2.45) is 0 Å². The highest BCUT2D eigenvalue weighted by Crippen LogP contribution is 2.34. The highest BCUT2D eigenvalue weighted by atomic mass is 16.5. The molecule has 4 aromatic rings. The summed E-state index contributed by atoms with van der Waals surface area (Å²) in [6, 6.07) is 12.1. The lowest BCUT2D eigenvalue weighted by Gasteiger charge is -2.31. The van der Waals surface area contributed by atoms with Gasteiger partial charge in [0.25, 0.3) is 11.8 Å². The second kappa shape index (κ2) is 10.1. The molecule has 4 heterocycles. The average molecular weight is 550 g/mol. The van der Waals surface area contributed by atoms with E-state index in [2.05, 4.69) is 51.3 Å². The maximum Gasteiger partial charge on any atom is 0.322 e. The zero-order valence-electron chi connectivity index (χ0n) is 22.8. The van der Waals surface area contributed by atoms with Crippen molar-refractivity contribution < 1.29 is 19.1 Å². The van der Waals surface area contributed by atoms with Gasteiger partial charge in [0.15, 0.2) is 11.2 Å². The third kappa shape index (κ3) is 4.43. The normalized spacial score (nSPS) is 17.9. The van der Waals surface area contributed by atoms with Crippen molar-refractivity contribution in [2.75, 3.05) is 13.2 Å². The molecule has 0 radical (unpaired) electrons. The van der Waals surface area contributed by atoms with Gasteiger partial charge in [-0.2, -0.15) is 0 Å². The van der Waals surface area contributed by atoms with E-state index in [1.54, 1.807) is 42.4 Å². The number of ether oxygens (including phenoxy) is 1. The summed E-state index contributed by atoms with van der Waals surface area (Å²) in [4.78, 5) is 54.0. The molecule has 0 aliphatic carbocycles. The van der Waals surface area contributed by atoms with Gasteiger partial charge in [-0.05, 0) is 44.0 Å². The quantitative estimate of drug-likeness (QED) is 0.267. The van der Waals surface area contributed by atoms with Crippen LogP contribution in [0.3, 0.4) is 0 Å². The molecule has 2 aliphatic rings. The summed E-state index contributed by atoms with van der Waals surface area (Å²) in [5.74, 6) is 5.36. The van der Waals surface area contributed by atoms with Crippen molar-refractivity contribution in [3.05, 3.63) is 71.8 Å². The van der Waals surface area contributed by atoms with Crippen LogP contribution in [0.25, 0.3) is 22.4 Å². The summed E-state index contributed by atoms with van der Waals surface area (Å²) < 4.78 is 7.59. The van der Waals surface area contributed by atoms with E-state index in [-0.39, 0.29) is 25.1 Å². The number of nitrogens with one attached hydrogen (secondary N) is 2. The van der Waals surface area contributed by atoms with Gasteiger partial charge < -0.3 is 19.5 Å². The molecule has 206 valence electrons. The topological polar surface area (TPSA) is 131 Å². The van der Waals surface area contributed by atoms with E-state index in [9.17, 15) is 14.4 Å². The van der Waals surface area contributed by atoms with Crippen LogP contribution < -0.4 is 15.4 Å². The number of amides is 4. The molecule has 2 aliphatic heterocycles. The highest BCUT2D eigenvalue weighted by molar-refractivity contribution is 6.08. The molecule has 0 bridgehead atoms. The molecule has 2 aromatic carbocycles. The molecule has 1 atom stereocenters. The third-order valence-corrected chi connectivity index (χ3v) is 7.38. The average Bonchev–Trinajstić information content (AvgIpc) is 3.62. The Balaban J connectivity index is 1.30. The lowest BCUT2D eigenvalue weighted by molar-refractivity contribution is -0.124. The van der Waals surface area contributed by atoms with Crippen molar-refractivity contribution in [1.82, 2.24) is 35.1 Å². The van der Waals surface area contributed by atoms with Gasteiger partial charge in [-0.15, -0.1) is 5.92 Å². The minimum Gasteiger partial charge on any atom is -0.481 e. The maximum absolute atomic E-state index is 13.4. The van der Waals surface area contributed by atoms with Crippen molar-refractivity contribution in [3.8, 4) is 28.8 Å². The van der Waals surface area contributed by atoms with Crippen molar-refractivity contribution in [2.45, 2.75) is 38.9 Å². The van der Waals surface area contributed by atoms with Crippen molar-refractivity contribution in [1.29, 1.82) is 0 Å². The molecule has 11 heteroatoms. The van der Waals surface area contributed by atoms with Crippen molar-refractivity contribution in [3.63, 3.8) is 0 Å². The van der Waals surface area contributed by atoms with Crippen LogP contribution in [0, 0.1) is 11.8 Å². The van der Waals surface area contributed by atoms with Crippen molar-refractivity contribution >= 4 is 29.0 Å². The van der Waals surface area contributed by atoms with Crippen LogP contribution in [-0.2, 0) is 16.9 Å². The first-order valence-electron chi connectivity index (χ1n) is 13.2. The molecule has 41 heavy (non-hydrogen) atoms. The van der Waals surface area contributed by atoms with E-state index >= 15 is 0 Å². The molecular formula is C30H27N7O4. The van der Waals surface area contributed by atoms with Crippen LogP contribution in [0.1, 0.15) is 48.3 Å². The molecule has 0 unspecified atom stereocenters. The number of urea groups is 1. The lowest BCUT2D eigenvalue weighted by atomic mass is 9.88. The Morgan fingerprint density at radius 3 is 2.59 bits per heavy atom. The predicted molar refractivity (Wildman–Crippen MR) is 150 cm³/mol. The van der Waals surface area contributed by atoms with Gasteiger partial charge in [0.2, 0.25) is 0 Å². The number of imidazole rings is 1. The first-order chi connectivity index (χ1) is 19.8. The Morgan fingerprint density at radius 1 is 1.07 bits per heavy atom. The summed E-state index contributed by atoms with van der Waals surface area (Å²) >= 11 is 0. The fourth-order valence-corrected chi connectivity index (χ4v) is 5.29. The number of imide groups is 1. The Labute approximate surface area is 235 Å². The molecule has 2 aromatic heterocycles. The fraction of sp³-hybridized carbons (Fsp3) is 0.267. The molecule has 1 fully saturated rings. The van der Waals surface area contributed by atoms with Crippen LogP contribution in [0.4, 0.5) is 4.79 Å². The van der Waals surface area contributed by atoms with Gasteiger partial charge in [-0.1, -0.05) is 36.3 Å². The van der Waals surface area contributed by atoms with Gasteiger partial charge >= 0.3 is 6.03 Å². The Morgan fingerprint density at radius 2 is 1.88 bits per heavy atom. The largest absolute Gasteiger partial charge is 0.481 e. The van der Waals surface area contributed by atoms with E-state index in [4.69, 9.17) is 4.74 Å². The zero-order chi connectivity index (χ0) is 28.7. The number of nitrogens with zero attached hydrogens (tertiary/aromatic N) is 5.